The largest absolute Gasteiger partial charge is 0.366 e. The van der Waals surface area contributed by atoms with Crippen molar-refractivity contribution >= 4 is 5.91 Å². The van der Waals surface area contributed by atoms with E-state index in [9.17, 15) is 4.79 Å². The van der Waals surface area contributed by atoms with Crippen LogP contribution in [0.15, 0.2) is 11.1 Å². The van der Waals surface area contributed by atoms with E-state index in [-0.39, 0.29) is 5.91 Å². The first-order chi connectivity index (χ1) is 5.29. The third-order valence-corrected chi connectivity index (χ3v) is 2.92. The number of nitrogens with two attached hydrogens (primary N) is 1. The Hall–Kier alpha value is -0.790. The van der Waals surface area contributed by atoms with E-state index in [4.69, 9.17) is 5.73 Å². The summed E-state index contributed by atoms with van der Waals surface area (Å²) in [6, 6.07) is 0. The summed E-state index contributed by atoms with van der Waals surface area (Å²) in [4.78, 5) is 10.9. The molecule has 0 aromatic carbocycles. The van der Waals surface area contributed by atoms with Crippen LogP contribution in [0.5, 0.6) is 0 Å². The molecule has 1 saturated carbocycles. The summed E-state index contributed by atoms with van der Waals surface area (Å²) < 4.78 is 0. The van der Waals surface area contributed by atoms with E-state index in [1.165, 1.54) is 24.8 Å². The van der Waals surface area contributed by atoms with Crippen LogP contribution in [0.2, 0.25) is 0 Å². The first kappa shape index (κ1) is 6.89. The van der Waals surface area contributed by atoms with Gasteiger partial charge in [0.1, 0.15) is 0 Å². The molecule has 0 radical (unpaired) electrons. The molecule has 0 saturated heterocycles. The average Bonchev–Trinajstić information content (AvgIpc) is 2.41. The molecular formula is C9H13NO. The second-order valence-electron chi connectivity index (χ2n) is 3.50. The molecule has 2 aliphatic rings. The van der Waals surface area contributed by atoms with Gasteiger partial charge in [-0.3, -0.25) is 4.79 Å². The summed E-state index contributed by atoms with van der Waals surface area (Å²) in [7, 11) is 0. The fraction of sp³-hybridized carbons (Fsp3) is 0.667. The second-order valence-corrected chi connectivity index (χ2v) is 3.50. The topological polar surface area (TPSA) is 43.1 Å². The van der Waals surface area contributed by atoms with Crippen LogP contribution < -0.4 is 5.73 Å². The van der Waals surface area contributed by atoms with Crippen LogP contribution in [0.25, 0.3) is 0 Å². The van der Waals surface area contributed by atoms with Crippen molar-refractivity contribution in [1.29, 1.82) is 0 Å². The predicted octanol–water partition coefficient (Wildman–Crippen LogP) is 1.36. The molecule has 2 N–H and O–H groups in total. The number of carbonyl (C=O) groups excluding carboxylic acids is 1. The normalized spacial score (nSPS) is 29.3. The lowest BCUT2D eigenvalue weighted by Gasteiger charge is -2.00. The SMILES string of the molecule is NC(=O)C1=C2CCCC2CC1. The zero-order valence-corrected chi connectivity index (χ0v) is 6.60. The summed E-state index contributed by atoms with van der Waals surface area (Å²) in [5.41, 5.74) is 7.59. The monoisotopic (exact) mass is 151 g/mol. The third kappa shape index (κ3) is 0.971. The molecule has 2 rings (SSSR count). The quantitative estimate of drug-likeness (QED) is 0.604. The van der Waals surface area contributed by atoms with Crippen LogP contribution in [0.1, 0.15) is 32.1 Å². The van der Waals surface area contributed by atoms with Gasteiger partial charge < -0.3 is 5.73 Å². The first-order valence-electron chi connectivity index (χ1n) is 4.31. The van der Waals surface area contributed by atoms with Crippen molar-refractivity contribution < 1.29 is 4.79 Å². The molecule has 2 nitrogen and oxygen atoms in total. The van der Waals surface area contributed by atoms with E-state index in [1.54, 1.807) is 0 Å². The number of allylic oxidation sites excluding steroid dienone is 1. The molecule has 0 bridgehead atoms. The minimum Gasteiger partial charge on any atom is -0.366 e. The number of amides is 1. The minimum atomic E-state index is -0.176. The van der Waals surface area contributed by atoms with Crippen LogP contribution in [0.3, 0.4) is 0 Å². The molecule has 1 unspecified atom stereocenters. The van der Waals surface area contributed by atoms with E-state index in [1.807, 2.05) is 0 Å². The summed E-state index contributed by atoms with van der Waals surface area (Å²) in [5.74, 6) is 0.543. The van der Waals surface area contributed by atoms with E-state index in [2.05, 4.69) is 0 Å². The molecule has 0 spiro atoms. The number of carbonyl (C=O) groups is 1. The van der Waals surface area contributed by atoms with Gasteiger partial charge in [0, 0.05) is 5.57 Å². The van der Waals surface area contributed by atoms with Gasteiger partial charge in [0.05, 0.1) is 0 Å². The van der Waals surface area contributed by atoms with Gasteiger partial charge in [0.15, 0.2) is 0 Å². The molecule has 1 atom stereocenters. The van der Waals surface area contributed by atoms with Gasteiger partial charge in [-0.05, 0) is 38.0 Å². The Kier molecular flexibility index (Phi) is 1.48. The Morgan fingerprint density at radius 2 is 2.18 bits per heavy atom. The van der Waals surface area contributed by atoms with Crippen LogP contribution >= 0.6 is 0 Å². The van der Waals surface area contributed by atoms with Crippen molar-refractivity contribution in [1.82, 2.24) is 0 Å². The lowest BCUT2D eigenvalue weighted by Crippen LogP contribution is -2.13. The Bertz CT molecular complexity index is 230. The maximum absolute atomic E-state index is 10.9. The minimum absolute atomic E-state index is 0.176. The highest BCUT2D eigenvalue weighted by Crippen LogP contribution is 2.42. The standard InChI is InChI=1S/C9H13NO/c10-9(11)8-5-4-6-2-1-3-7(6)8/h6H,1-5H2,(H2,10,11). The van der Waals surface area contributed by atoms with Crippen LogP contribution in [-0.2, 0) is 4.79 Å². The molecule has 1 amide bonds. The highest BCUT2D eigenvalue weighted by Gasteiger charge is 2.31. The van der Waals surface area contributed by atoms with Crippen molar-refractivity contribution in [3.05, 3.63) is 11.1 Å². The lowest BCUT2D eigenvalue weighted by molar-refractivity contribution is -0.114. The summed E-state index contributed by atoms with van der Waals surface area (Å²) >= 11 is 0. The van der Waals surface area contributed by atoms with Gasteiger partial charge in [0.2, 0.25) is 5.91 Å². The molecule has 0 heterocycles. The van der Waals surface area contributed by atoms with Crippen molar-refractivity contribution in [2.75, 3.05) is 0 Å². The van der Waals surface area contributed by atoms with Gasteiger partial charge in [-0.15, -0.1) is 0 Å². The van der Waals surface area contributed by atoms with Crippen molar-refractivity contribution in [3.63, 3.8) is 0 Å². The van der Waals surface area contributed by atoms with Crippen molar-refractivity contribution in [2.24, 2.45) is 11.7 Å². The Labute approximate surface area is 66.5 Å². The highest BCUT2D eigenvalue weighted by molar-refractivity contribution is 5.93. The molecule has 1 fully saturated rings. The van der Waals surface area contributed by atoms with Gasteiger partial charge in [-0.2, -0.15) is 0 Å². The molecule has 0 aliphatic heterocycles. The summed E-state index contributed by atoms with van der Waals surface area (Å²) in [6.07, 6.45) is 5.79. The molecular weight excluding hydrogens is 138 g/mol. The molecule has 60 valence electrons. The average molecular weight is 151 g/mol. The van der Waals surface area contributed by atoms with E-state index >= 15 is 0 Å². The maximum atomic E-state index is 10.9. The highest BCUT2D eigenvalue weighted by atomic mass is 16.1. The Morgan fingerprint density at radius 3 is 2.91 bits per heavy atom. The van der Waals surface area contributed by atoms with Crippen LogP contribution in [0, 0.1) is 5.92 Å². The summed E-state index contributed by atoms with van der Waals surface area (Å²) in [6.45, 7) is 0. The van der Waals surface area contributed by atoms with E-state index < -0.39 is 0 Å². The number of rotatable bonds is 1. The summed E-state index contributed by atoms with van der Waals surface area (Å²) in [5, 5.41) is 0. The Balaban J connectivity index is 2.30. The van der Waals surface area contributed by atoms with Crippen LogP contribution in [0.4, 0.5) is 0 Å². The Morgan fingerprint density at radius 1 is 1.36 bits per heavy atom. The number of hydrogen-bond donors (Lipinski definition) is 1. The van der Waals surface area contributed by atoms with Crippen molar-refractivity contribution in [3.8, 4) is 0 Å². The van der Waals surface area contributed by atoms with E-state index in [0.29, 0.717) is 0 Å². The molecule has 2 heteroatoms. The zero-order valence-electron chi connectivity index (χ0n) is 6.60. The van der Waals surface area contributed by atoms with E-state index in [0.717, 1.165) is 24.3 Å². The fourth-order valence-corrected chi connectivity index (χ4v) is 2.39. The first-order valence-corrected chi connectivity index (χ1v) is 4.31. The maximum Gasteiger partial charge on any atom is 0.244 e. The fourth-order valence-electron chi connectivity index (χ4n) is 2.39. The molecule has 0 aromatic heterocycles. The predicted molar refractivity (Wildman–Crippen MR) is 42.8 cm³/mol. The third-order valence-electron chi connectivity index (χ3n) is 2.92. The van der Waals surface area contributed by atoms with Crippen LogP contribution in [-0.4, -0.2) is 5.91 Å². The molecule has 11 heavy (non-hydrogen) atoms. The van der Waals surface area contributed by atoms with Gasteiger partial charge in [-0.1, -0.05) is 5.57 Å². The number of primary amides is 1. The number of hydrogen-bond acceptors (Lipinski definition) is 1. The second kappa shape index (κ2) is 2.36. The van der Waals surface area contributed by atoms with Gasteiger partial charge >= 0.3 is 0 Å². The molecule has 2 aliphatic carbocycles. The van der Waals surface area contributed by atoms with Gasteiger partial charge in [0.25, 0.3) is 0 Å². The van der Waals surface area contributed by atoms with Crippen molar-refractivity contribution in [2.45, 2.75) is 32.1 Å². The molecule has 0 aromatic rings. The zero-order chi connectivity index (χ0) is 7.84. The lowest BCUT2D eigenvalue weighted by atomic mass is 10.1. The van der Waals surface area contributed by atoms with Gasteiger partial charge in [-0.25, -0.2) is 0 Å². The number of fused-ring (bicyclic) bond motifs is 1. The smallest absolute Gasteiger partial charge is 0.244 e.